The van der Waals surface area contributed by atoms with E-state index in [1.807, 2.05) is 0 Å². The molecule has 1 aromatic carbocycles. The van der Waals surface area contributed by atoms with E-state index < -0.39 is 11.7 Å². The van der Waals surface area contributed by atoms with Gasteiger partial charge in [0, 0.05) is 19.5 Å². The van der Waals surface area contributed by atoms with Crippen LogP contribution >= 0.6 is 0 Å². The third kappa shape index (κ3) is 3.57. The van der Waals surface area contributed by atoms with E-state index in [-0.39, 0.29) is 29.6 Å². The third-order valence-corrected chi connectivity index (χ3v) is 2.70. The van der Waals surface area contributed by atoms with E-state index in [0.29, 0.717) is 0 Å². The number of hydrogen-bond acceptors (Lipinski definition) is 4. The number of amides is 1. The highest BCUT2D eigenvalue weighted by Gasteiger charge is 2.19. The van der Waals surface area contributed by atoms with Gasteiger partial charge in [0.25, 0.3) is 5.91 Å². The Labute approximate surface area is 109 Å². The predicted molar refractivity (Wildman–Crippen MR) is 67.6 cm³/mol. The molecule has 1 amide bonds. The smallest absolute Gasteiger partial charge is 0.257 e. The van der Waals surface area contributed by atoms with Gasteiger partial charge in [-0.15, -0.1) is 0 Å². The van der Waals surface area contributed by atoms with Crippen molar-refractivity contribution in [3.63, 3.8) is 0 Å². The van der Waals surface area contributed by atoms with Gasteiger partial charge in [-0.25, -0.2) is 4.39 Å². The van der Waals surface area contributed by atoms with Crippen LogP contribution < -0.4 is 5.73 Å². The van der Waals surface area contributed by atoms with Gasteiger partial charge in [0.2, 0.25) is 0 Å². The van der Waals surface area contributed by atoms with Gasteiger partial charge >= 0.3 is 0 Å². The van der Waals surface area contributed by atoms with Gasteiger partial charge in [-0.1, -0.05) is 12.1 Å². The molecule has 0 bridgehead atoms. The minimum atomic E-state index is -0.612. The molecule has 0 aliphatic carbocycles. The van der Waals surface area contributed by atoms with Crippen LogP contribution in [0.25, 0.3) is 0 Å². The van der Waals surface area contributed by atoms with E-state index >= 15 is 0 Å². The molecule has 0 aliphatic heterocycles. The Morgan fingerprint density at radius 3 is 2.79 bits per heavy atom. The molecule has 0 fully saturated rings. The summed E-state index contributed by atoms with van der Waals surface area (Å²) in [5.41, 5.74) is 5.28. The number of phenolic OH excluding ortho intramolecular Hbond substituents is 1. The van der Waals surface area contributed by atoms with Crippen molar-refractivity contribution in [1.29, 1.82) is 0 Å². The first-order chi connectivity index (χ1) is 8.86. The van der Waals surface area contributed by atoms with E-state index in [2.05, 4.69) is 5.16 Å². The van der Waals surface area contributed by atoms with Crippen LogP contribution in [0.1, 0.15) is 17.3 Å². The Kier molecular flexibility index (Phi) is 4.68. The molecule has 0 saturated heterocycles. The largest absolute Gasteiger partial charge is 0.507 e. The van der Waals surface area contributed by atoms with Crippen LogP contribution in [0.15, 0.2) is 23.4 Å². The van der Waals surface area contributed by atoms with E-state index in [1.54, 1.807) is 6.92 Å². The highest BCUT2D eigenvalue weighted by molar-refractivity contribution is 5.97. The zero-order valence-electron chi connectivity index (χ0n) is 10.7. The molecule has 1 rings (SSSR count). The van der Waals surface area contributed by atoms with Crippen molar-refractivity contribution in [3.8, 4) is 5.75 Å². The molecular weight excluding hydrogens is 253 g/mol. The lowest BCUT2D eigenvalue weighted by Gasteiger charge is -2.21. The Morgan fingerprint density at radius 2 is 2.21 bits per heavy atom. The monoisotopic (exact) mass is 269 g/mol. The summed E-state index contributed by atoms with van der Waals surface area (Å²) in [4.78, 5) is 13.3. The minimum Gasteiger partial charge on any atom is -0.507 e. The quantitative estimate of drug-likeness (QED) is 0.328. The maximum Gasteiger partial charge on any atom is 0.257 e. The van der Waals surface area contributed by atoms with E-state index in [4.69, 9.17) is 10.9 Å². The fourth-order valence-electron chi connectivity index (χ4n) is 1.57. The average Bonchev–Trinajstić information content (AvgIpc) is 2.39. The second-order valence-electron chi connectivity index (χ2n) is 4.27. The molecule has 1 atom stereocenters. The SMILES string of the molecule is CC(CN(C)C(=O)c1cc(F)ccc1O)/C(N)=N/O. The fourth-order valence-corrected chi connectivity index (χ4v) is 1.57. The molecule has 104 valence electrons. The number of oxime groups is 1. The molecule has 1 unspecified atom stereocenters. The van der Waals surface area contributed by atoms with Crippen LogP contribution in [0.4, 0.5) is 4.39 Å². The normalized spacial score (nSPS) is 13.1. The van der Waals surface area contributed by atoms with Gasteiger partial charge in [-0.05, 0) is 18.2 Å². The summed E-state index contributed by atoms with van der Waals surface area (Å²) in [7, 11) is 1.48. The summed E-state index contributed by atoms with van der Waals surface area (Å²) in [5.74, 6) is -1.83. The molecule has 6 nitrogen and oxygen atoms in total. The van der Waals surface area contributed by atoms with Crippen LogP contribution in [0.5, 0.6) is 5.75 Å². The molecule has 0 aliphatic rings. The Balaban J connectivity index is 2.85. The number of amidine groups is 1. The van der Waals surface area contributed by atoms with Gasteiger partial charge in [0.1, 0.15) is 17.4 Å². The molecule has 0 radical (unpaired) electrons. The number of aromatic hydroxyl groups is 1. The lowest BCUT2D eigenvalue weighted by Crippen LogP contribution is -2.36. The molecule has 0 saturated carbocycles. The number of nitrogens with two attached hydrogens (primary N) is 1. The van der Waals surface area contributed by atoms with Crippen LogP contribution in [0.2, 0.25) is 0 Å². The number of hydrogen-bond donors (Lipinski definition) is 3. The van der Waals surface area contributed by atoms with Crippen LogP contribution in [-0.4, -0.2) is 40.5 Å². The van der Waals surface area contributed by atoms with Crippen molar-refractivity contribution in [2.45, 2.75) is 6.92 Å². The summed E-state index contributed by atoms with van der Waals surface area (Å²) in [6.07, 6.45) is 0. The van der Waals surface area contributed by atoms with Gasteiger partial charge in [0.05, 0.1) is 5.56 Å². The second-order valence-corrected chi connectivity index (χ2v) is 4.27. The molecule has 4 N–H and O–H groups in total. The maximum absolute atomic E-state index is 13.1. The van der Waals surface area contributed by atoms with Crippen molar-refractivity contribution in [3.05, 3.63) is 29.6 Å². The standard InChI is InChI=1S/C12H16FN3O3/c1-7(11(14)15-19)6-16(2)12(18)9-5-8(13)3-4-10(9)17/h3-5,7,17,19H,6H2,1-2H3,(H2,14,15). The second kappa shape index (κ2) is 6.03. The van der Waals surface area contributed by atoms with Crippen LogP contribution in [-0.2, 0) is 0 Å². The first kappa shape index (κ1) is 14.7. The topological polar surface area (TPSA) is 99.2 Å². The highest BCUT2D eigenvalue weighted by atomic mass is 19.1. The highest BCUT2D eigenvalue weighted by Crippen LogP contribution is 2.19. The molecular formula is C12H16FN3O3. The Hall–Kier alpha value is -2.31. The number of halogens is 1. The summed E-state index contributed by atoms with van der Waals surface area (Å²) in [6, 6.07) is 3.14. The molecule has 7 heteroatoms. The number of carbonyl (C=O) groups excluding carboxylic acids is 1. The molecule has 0 aromatic heterocycles. The van der Waals surface area contributed by atoms with Crippen molar-refractivity contribution in [2.24, 2.45) is 16.8 Å². The summed E-state index contributed by atoms with van der Waals surface area (Å²) >= 11 is 0. The maximum atomic E-state index is 13.1. The van der Waals surface area contributed by atoms with E-state index in [0.717, 1.165) is 18.2 Å². The average molecular weight is 269 g/mol. The summed E-state index contributed by atoms with van der Waals surface area (Å²) in [6.45, 7) is 1.84. The molecule has 19 heavy (non-hydrogen) atoms. The lowest BCUT2D eigenvalue weighted by molar-refractivity contribution is 0.0782. The summed E-state index contributed by atoms with van der Waals surface area (Å²) in [5, 5.41) is 20.9. The van der Waals surface area contributed by atoms with Crippen molar-refractivity contribution < 1.29 is 19.5 Å². The van der Waals surface area contributed by atoms with Gasteiger partial charge in [-0.3, -0.25) is 4.79 Å². The van der Waals surface area contributed by atoms with Crippen LogP contribution in [0.3, 0.4) is 0 Å². The first-order valence-electron chi connectivity index (χ1n) is 5.58. The predicted octanol–water partition coefficient (Wildman–Crippen LogP) is 0.986. The molecule has 1 aromatic rings. The number of phenols is 1. The molecule has 0 spiro atoms. The Morgan fingerprint density at radius 1 is 1.58 bits per heavy atom. The molecule has 0 heterocycles. The summed E-state index contributed by atoms with van der Waals surface area (Å²) < 4.78 is 13.1. The third-order valence-electron chi connectivity index (χ3n) is 2.70. The van der Waals surface area contributed by atoms with Gasteiger partial charge < -0.3 is 20.9 Å². The van der Waals surface area contributed by atoms with Gasteiger partial charge in [-0.2, -0.15) is 0 Å². The van der Waals surface area contributed by atoms with Crippen molar-refractivity contribution >= 4 is 11.7 Å². The number of rotatable bonds is 4. The lowest BCUT2D eigenvalue weighted by atomic mass is 10.1. The number of nitrogens with zero attached hydrogens (tertiary/aromatic N) is 2. The number of benzene rings is 1. The van der Waals surface area contributed by atoms with Gasteiger partial charge in [0.15, 0.2) is 0 Å². The zero-order chi connectivity index (χ0) is 14.6. The number of carbonyl (C=O) groups is 1. The first-order valence-corrected chi connectivity index (χ1v) is 5.58. The van der Waals surface area contributed by atoms with E-state index in [9.17, 15) is 14.3 Å². The Bertz CT molecular complexity index is 505. The van der Waals surface area contributed by atoms with Crippen molar-refractivity contribution in [2.75, 3.05) is 13.6 Å². The van der Waals surface area contributed by atoms with Crippen molar-refractivity contribution in [1.82, 2.24) is 4.90 Å². The van der Waals surface area contributed by atoms with E-state index in [1.165, 1.54) is 11.9 Å². The van der Waals surface area contributed by atoms with Crippen LogP contribution in [0, 0.1) is 11.7 Å². The minimum absolute atomic E-state index is 0.0110. The zero-order valence-corrected chi connectivity index (χ0v) is 10.7. The fraction of sp³-hybridized carbons (Fsp3) is 0.333.